The van der Waals surface area contributed by atoms with Crippen LogP contribution in [0, 0.1) is 6.92 Å². The summed E-state index contributed by atoms with van der Waals surface area (Å²) >= 11 is 1.08. The van der Waals surface area contributed by atoms with E-state index in [1.165, 1.54) is 12.4 Å². The number of aromatic nitrogens is 4. The fourth-order valence-corrected chi connectivity index (χ4v) is 1.93. The maximum atomic E-state index is 10.9. The fraction of sp³-hybridized carbons (Fsp3) is 0.100. The Bertz CT molecular complexity index is 562. The molecule has 0 amide bonds. The summed E-state index contributed by atoms with van der Waals surface area (Å²) in [6.45, 7) is 1.83. The van der Waals surface area contributed by atoms with Gasteiger partial charge in [-0.3, -0.25) is 0 Å². The highest BCUT2D eigenvalue weighted by Crippen LogP contribution is 2.24. The summed E-state index contributed by atoms with van der Waals surface area (Å²) < 4.78 is 0. The minimum absolute atomic E-state index is 0.0948. The van der Waals surface area contributed by atoms with Crippen molar-refractivity contribution in [2.45, 2.75) is 17.1 Å². The zero-order valence-electron chi connectivity index (χ0n) is 8.86. The lowest BCUT2D eigenvalue weighted by Crippen LogP contribution is -2.04. The van der Waals surface area contributed by atoms with Crippen molar-refractivity contribution in [2.75, 3.05) is 0 Å². The molecule has 0 atom stereocenters. The number of carbonyl (C=O) groups is 1. The minimum atomic E-state index is -1.12. The maximum Gasteiger partial charge on any atom is 0.357 e. The van der Waals surface area contributed by atoms with Crippen LogP contribution >= 0.6 is 11.8 Å². The van der Waals surface area contributed by atoms with Gasteiger partial charge in [-0.15, -0.1) is 0 Å². The number of hydrogen-bond acceptors (Lipinski definition) is 6. The number of carboxylic acids is 1. The smallest absolute Gasteiger partial charge is 0.357 e. The first-order valence-electron chi connectivity index (χ1n) is 4.68. The molecule has 0 aliphatic heterocycles. The van der Waals surface area contributed by atoms with Gasteiger partial charge in [-0.25, -0.2) is 24.7 Å². The van der Waals surface area contributed by atoms with E-state index < -0.39 is 5.97 Å². The molecule has 0 unspecified atom stereocenters. The Kier molecular flexibility index (Phi) is 3.29. The highest BCUT2D eigenvalue weighted by Gasteiger charge is 2.14. The van der Waals surface area contributed by atoms with E-state index in [4.69, 9.17) is 5.11 Å². The highest BCUT2D eigenvalue weighted by molar-refractivity contribution is 7.99. The molecule has 0 spiro atoms. The summed E-state index contributed by atoms with van der Waals surface area (Å²) in [4.78, 5) is 26.8. The van der Waals surface area contributed by atoms with E-state index in [0.717, 1.165) is 17.5 Å². The zero-order valence-corrected chi connectivity index (χ0v) is 9.68. The molecule has 2 heterocycles. The quantitative estimate of drug-likeness (QED) is 0.821. The highest BCUT2D eigenvalue weighted by atomic mass is 32.2. The second-order valence-corrected chi connectivity index (χ2v) is 4.05. The molecule has 0 aromatic carbocycles. The second kappa shape index (κ2) is 4.88. The summed E-state index contributed by atoms with van der Waals surface area (Å²) in [7, 11) is 0. The molecule has 0 saturated carbocycles. The van der Waals surface area contributed by atoms with Crippen molar-refractivity contribution in [3.8, 4) is 0 Å². The monoisotopic (exact) mass is 248 g/mol. The molecule has 17 heavy (non-hydrogen) atoms. The van der Waals surface area contributed by atoms with Crippen LogP contribution in [0.2, 0.25) is 0 Å². The van der Waals surface area contributed by atoms with Crippen molar-refractivity contribution in [2.24, 2.45) is 0 Å². The van der Waals surface area contributed by atoms with Crippen molar-refractivity contribution < 1.29 is 9.90 Å². The molecular formula is C10H8N4O2S. The summed E-state index contributed by atoms with van der Waals surface area (Å²) in [6.07, 6.45) is 4.39. The van der Waals surface area contributed by atoms with Gasteiger partial charge in [0.05, 0.1) is 0 Å². The summed E-state index contributed by atoms with van der Waals surface area (Å²) in [6, 6.07) is 1.76. The van der Waals surface area contributed by atoms with Crippen LogP contribution in [0.1, 0.15) is 16.2 Å². The first-order chi connectivity index (χ1) is 8.16. The van der Waals surface area contributed by atoms with Gasteiger partial charge in [0.2, 0.25) is 0 Å². The third-order valence-electron chi connectivity index (χ3n) is 1.83. The fourth-order valence-electron chi connectivity index (χ4n) is 1.11. The van der Waals surface area contributed by atoms with Gasteiger partial charge >= 0.3 is 5.97 Å². The molecule has 6 nitrogen and oxygen atoms in total. The van der Waals surface area contributed by atoms with Crippen LogP contribution in [0.3, 0.4) is 0 Å². The average molecular weight is 248 g/mol. The molecule has 2 aromatic rings. The van der Waals surface area contributed by atoms with Crippen molar-refractivity contribution in [3.05, 3.63) is 36.0 Å². The number of aromatic carboxylic acids is 1. The van der Waals surface area contributed by atoms with Gasteiger partial charge in [-0.2, -0.15) is 0 Å². The molecule has 0 radical (unpaired) electrons. The van der Waals surface area contributed by atoms with Crippen LogP contribution in [-0.4, -0.2) is 31.0 Å². The van der Waals surface area contributed by atoms with Crippen LogP contribution in [0.15, 0.2) is 34.8 Å². The predicted octanol–water partition coefficient (Wildman–Crippen LogP) is 1.42. The Hall–Kier alpha value is -2.02. The molecule has 0 aliphatic carbocycles. The Labute approximate surface area is 101 Å². The van der Waals surface area contributed by atoms with E-state index in [-0.39, 0.29) is 10.7 Å². The summed E-state index contributed by atoms with van der Waals surface area (Å²) in [5.74, 6) is -1.12. The van der Waals surface area contributed by atoms with E-state index in [1.807, 2.05) is 6.92 Å². The standard InChI is InChI=1S/C10H8N4O2S/c1-6-2-3-13-10(14-6)17-8-7(9(15)16)11-4-5-12-8/h2-5H,1H3,(H,15,16). The molecule has 0 saturated heterocycles. The Morgan fingerprint density at radius 2 is 2.00 bits per heavy atom. The second-order valence-electron chi connectivity index (χ2n) is 3.10. The Balaban J connectivity index is 2.33. The minimum Gasteiger partial charge on any atom is -0.476 e. The van der Waals surface area contributed by atoms with Crippen LogP contribution < -0.4 is 0 Å². The topological polar surface area (TPSA) is 88.9 Å². The third-order valence-corrected chi connectivity index (χ3v) is 2.70. The van der Waals surface area contributed by atoms with Gasteiger partial charge < -0.3 is 5.11 Å². The van der Waals surface area contributed by atoms with Crippen molar-refractivity contribution >= 4 is 17.7 Å². The normalized spacial score (nSPS) is 10.2. The first-order valence-corrected chi connectivity index (χ1v) is 5.50. The molecule has 0 aliphatic rings. The third kappa shape index (κ3) is 2.76. The van der Waals surface area contributed by atoms with Crippen LogP contribution in [0.25, 0.3) is 0 Å². The van der Waals surface area contributed by atoms with Gasteiger partial charge in [0.25, 0.3) is 0 Å². The lowest BCUT2D eigenvalue weighted by molar-refractivity contribution is 0.0685. The Morgan fingerprint density at radius 1 is 1.24 bits per heavy atom. The molecule has 0 fully saturated rings. The van der Waals surface area contributed by atoms with Crippen molar-refractivity contribution in [1.82, 2.24) is 19.9 Å². The number of nitrogens with zero attached hydrogens (tertiary/aromatic N) is 4. The SMILES string of the molecule is Cc1ccnc(Sc2nccnc2C(=O)O)n1. The van der Waals surface area contributed by atoms with E-state index in [2.05, 4.69) is 19.9 Å². The number of carboxylic acid groups (broad SMARTS) is 1. The molecular weight excluding hydrogens is 240 g/mol. The predicted molar refractivity (Wildman–Crippen MR) is 59.9 cm³/mol. The van der Waals surface area contributed by atoms with E-state index in [9.17, 15) is 4.79 Å². The van der Waals surface area contributed by atoms with Crippen LogP contribution in [0.5, 0.6) is 0 Å². The van der Waals surface area contributed by atoms with Crippen molar-refractivity contribution in [1.29, 1.82) is 0 Å². The molecule has 1 N–H and O–H groups in total. The van der Waals surface area contributed by atoms with E-state index in [0.29, 0.717) is 5.16 Å². The lowest BCUT2D eigenvalue weighted by Gasteiger charge is -2.02. The van der Waals surface area contributed by atoms with E-state index >= 15 is 0 Å². The molecule has 86 valence electrons. The van der Waals surface area contributed by atoms with Gasteiger partial charge in [0.1, 0.15) is 5.03 Å². The lowest BCUT2D eigenvalue weighted by atomic mass is 10.5. The number of hydrogen-bond donors (Lipinski definition) is 1. The number of rotatable bonds is 3. The zero-order chi connectivity index (χ0) is 12.3. The summed E-state index contributed by atoms with van der Waals surface area (Å²) in [5, 5.41) is 9.68. The average Bonchev–Trinajstić information content (AvgIpc) is 2.29. The maximum absolute atomic E-state index is 10.9. The van der Waals surface area contributed by atoms with Gasteiger partial charge in [0.15, 0.2) is 10.9 Å². The number of aryl methyl sites for hydroxylation is 1. The molecule has 2 aromatic heterocycles. The van der Waals surface area contributed by atoms with Crippen LogP contribution in [0.4, 0.5) is 0 Å². The first kappa shape index (κ1) is 11.5. The largest absolute Gasteiger partial charge is 0.476 e. The molecule has 0 bridgehead atoms. The van der Waals surface area contributed by atoms with Crippen LogP contribution in [-0.2, 0) is 0 Å². The molecule has 2 rings (SSSR count). The van der Waals surface area contributed by atoms with E-state index in [1.54, 1.807) is 12.3 Å². The Morgan fingerprint density at radius 3 is 2.71 bits per heavy atom. The van der Waals surface area contributed by atoms with Crippen molar-refractivity contribution in [3.63, 3.8) is 0 Å². The molecule has 7 heteroatoms. The van der Waals surface area contributed by atoms with Gasteiger partial charge in [-0.1, -0.05) is 0 Å². The summed E-state index contributed by atoms with van der Waals surface area (Å²) in [5.41, 5.74) is 0.714. The van der Waals surface area contributed by atoms with Gasteiger partial charge in [-0.05, 0) is 24.8 Å². The van der Waals surface area contributed by atoms with Gasteiger partial charge in [0, 0.05) is 24.3 Å².